The summed E-state index contributed by atoms with van der Waals surface area (Å²) in [5, 5.41) is 22.1. The van der Waals surface area contributed by atoms with E-state index < -0.39 is 4.92 Å². The van der Waals surface area contributed by atoms with Gasteiger partial charge < -0.3 is 10.4 Å². The molecule has 0 aliphatic carbocycles. The summed E-state index contributed by atoms with van der Waals surface area (Å²) in [6.45, 7) is 0.0779. The number of nitrogens with one attached hydrogen (secondary N) is 1. The van der Waals surface area contributed by atoms with Crippen molar-refractivity contribution in [1.82, 2.24) is 0 Å². The smallest absolute Gasteiger partial charge is 0.269 e. The molecule has 0 radical (unpaired) electrons. The zero-order valence-electron chi connectivity index (χ0n) is 11.2. The molecule has 21 heavy (non-hydrogen) atoms. The summed E-state index contributed by atoms with van der Waals surface area (Å²) in [6, 6.07) is 12.5. The number of carbonyl (C=O) groups excluding carboxylic acids is 1. The SMILES string of the molecule is O=C(Nc1ccc(CCO)cc1)c1ccc([N+](=O)[O-])cc1. The second kappa shape index (κ2) is 6.62. The van der Waals surface area contributed by atoms with E-state index in [2.05, 4.69) is 5.32 Å². The van der Waals surface area contributed by atoms with Crippen molar-refractivity contribution in [1.29, 1.82) is 0 Å². The summed E-state index contributed by atoms with van der Waals surface area (Å²) in [5.41, 5.74) is 1.89. The van der Waals surface area contributed by atoms with Crippen LogP contribution in [0.15, 0.2) is 48.5 Å². The normalized spacial score (nSPS) is 10.1. The molecule has 0 aliphatic heterocycles. The van der Waals surface area contributed by atoms with Crippen molar-refractivity contribution in [2.24, 2.45) is 0 Å². The van der Waals surface area contributed by atoms with E-state index in [0.717, 1.165) is 5.56 Å². The van der Waals surface area contributed by atoms with E-state index in [-0.39, 0.29) is 18.2 Å². The first-order valence-electron chi connectivity index (χ1n) is 6.36. The Hall–Kier alpha value is -2.73. The molecule has 1 amide bonds. The fraction of sp³-hybridized carbons (Fsp3) is 0.133. The van der Waals surface area contributed by atoms with Gasteiger partial charge >= 0.3 is 0 Å². The highest BCUT2D eigenvalue weighted by Crippen LogP contribution is 2.15. The minimum Gasteiger partial charge on any atom is -0.396 e. The van der Waals surface area contributed by atoms with Crippen LogP contribution in [0.4, 0.5) is 11.4 Å². The lowest BCUT2D eigenvalue weighted by atomic mass is 10.1. The minimum absolute atomic E-state index is 0.0556. The molecule has 0 unspecified atom stereocenters. The summed E-state index contributed by atoms with van der Waals surface area (Å²) < 4.78 is 0. The standard InChI is InChI=1S/C15H14N2O4/c18-10-9-11-1-5-13(6-2-11)16-15(19)12-3-7-14(8-4-12)17(20)21/h1-8,18H,9-10H2,(H,16,19). The number of hydrogen-bond acceptors (Lipinski definition) is 4. The van der Waals surface area contributed by atoms with E-state index >= 15 is 0 Å². The number of anilines is 1. The van der Waals surface area contributed by atoms with Crippen molar-refractivity contribution in [3.05, 3.63) is 69.8 Å². The molecule has 2 aromatic carbocycles. The topological polar surface area (TPSA) is 92.5 Å². The van der Waals surface area contributed by atoms with Crippen LogP contribution in [0.3, 0.4) is 0 Å². The van der Waals surface area contributed by atoms with Gasteiger partial charge in [-0.1, -0.05) is 12.1 Å². The van der Waals surface area contributed by atoms with Gasteiger partial charge in [-0.2, -0.15) is 0 Å². The molecule has 2 N–H and O–H groups in total. The number of nitro benzene ring substituents is 1. The van der Waals surface area contributed by atoms with E-state index in [1.807, 2.05) is 12.1 Å². The average molecular weight is 286 g/mol. The van der Waals surface area contributed by atoms with Crippen molar-refractivity contribution in [2.75, 3.05) is 11.9 Å². The Labute approximate surface area is 121 Å². The minimum atomic E-state index is -0.512. The summed E-state index contributed by atoms with van der Waals surface area (Å²) in [5.74, 6) is -0.334. The van der Waals surface area contributed by atoms with Gasteiger partial charge in [-0.15, -0.1) is 0 Å². The zero-order valence-corrected chi connectivity index (χ0v) is 11.2. The van der Waals surface area contributed by atoms with Gasteiger partial charge in [0.05, 0.1) is 4.92 Å². The lowest BCUT2D eigenvalue weighted by Crippen LogP contribution is -2.11. The predicted molar refractivity (Wildman–Crippen MR) is 78.3 cm³/mol. The number of non-ortho nitro benzene ring substituents is 1. The maximum atomic E-state index is 12.0. The van der Waals surface area contributed by atoms with E-state index in [1.165, 1.54) is 24.3 Å². The van der Waals surface area contributed by atoms with Crippen LogP contribution in [0.2, 0.25) is 0 Å². The highest BCUT2D eigenvalue weighted by molar-refractivity contribution is 6.04. The van der Waals surface area contributed by atoms with Crippen LogP contribution in [-0.2, 0) is 6.42 Å². The van der Waals surface area contributed by atoms with Crippen molar-refractivity contribution < 1.29 is 14.8 Å². The third kappa shape index (κ3) is 3.87. The Morgan fingerprint density at radius 2 is 1.71 bits per heavy atom. The van der Waals surface area contributed by atoms with Crippen LogP contribution in [0.25, 0.3) is 0 Å². The van der Waals surface area contributed by atoms with Crippen LogP contribution >= 0.6 is 0 Å². The molecule has 0 atom stereocenters. The van der Waals surface area contributed by atoms with Gasteiger partial charge in [-0.05, 0) is 36.2 Å². The number of carbonyl (C=O) groups is 1. The fourth-order valence-electron chi connectivity index (χ4n) is 1.82. The van der Waals surface area contributed by atoms with Crippen molar-refractivity contribution in [3.8, 4) is 0 Å². The largest absolute Gasteiger partial charge is 0.396 e. The van der Waals surface area contributed by atoms with Gasteiger partial charge in [-0.3, -0.25) is 14.9 Å². The molecule has 6 nitrogen and oxygen atoms in total. The molecule has 0 aromatic heterocycles. The number of amides is 1. The third-order valence-electron chi connectivity index (χ3n) is 2.95. The Morgan fingerprint density at radius 3 is 2.24 bits per heavy atom. The van der Waals surface area contributed by atoms with Gasteiger partial charge in [0.25, 0.3) is 11.6 Å². The number of nitro groups is 1. The first-order chi connectivity index (χ1) is 10.1. The summed E-state index contributed by atoms with van der Waals surface area (Å²) in [7, 11) is 0. The van der Waals surface area contributed by atoms with Crippen LogP contribution < -0.4 is 5.32 Å². The van der Waals surface area contributed by atoms with Crippen LogP contribution in [0.1, 0.15) is 15.9 Å². The summed E-state index contributed by atoms with van der Waals surface area (Å²) in [6.07, 6.45) is 0.566. The van der Waals surface area contributed by atoms with Gasteiger partial charge in [0.1, 0.15) is 0 Å². The second-order valence-electron chi connectivity index (χ2n) is 4.43. The summed E-state index contributed by atoms with van der Waals surface area (Å²) >= 11 is 0. The molecule has 0 aliphatic rings. The highest BCUT2D eigenvalue weighted by atomic mass is 16.6. The van der Waals surface area contributed by atoms with Gasteiger partial charge in [0.15, 0.2) is 0 Å². The Balaban J connectivity index is 2.05. The van der Waals surface area contributed by atoms with E-state index in [1.54, 1.807) is 12.1 Å². The molecule has 6 heteroatoms. The van der Waals surface area contributed by atoms with E-state index in [4.69, 9.17) is 5.11 Å². The third-order valence-corrected chi connectivity index (χ3v) is 2.95. The lowest BCUT2D eigenvalue weighted by Gasteiger charge is -2.06. The average Bonchev–Trinajstić information content (AvgIpc) is 2.49. The molecular weight excluding hydrogens is 272 g/mol. The van der Waals surface area contributed by atoms with Gasteiger partial charge in [0, 0.05) is 30.0 Å². The Kier molecular flexibility index (Phi) is 4.63. The monoisotopic (exact) mass is 286 g/mol. The molecule has 0 fully saturated rings. The molecule has 0 bridgehead atoms. The number of nitrogens with zero attached hydrogens (tertiary/aromatic N) is 1. The van der Waals surface area contributed by atoms with E-state index in [0.29, 0.717) is 17.7 Å². The van der Waals surface area contributed by atoms with Crippen molar-refractivity contribution in [2.45, 2.75) is 6.42 Å². The molecule has 108 valence electrons. The zero-order chi connectivity index (χ0) is 15.2. The number of rotatable bonds is 5. The molecule has 2 rings (SSSR count). The van der Waals surface area contributed by atoms with Gasteiger partial charge in [-0.25, -0.2) is 0 Å². The van der Waals surface area contributed by atoms with E-state index in [9.17, 15) is 14.9 Å². The predicted octanol–water partition coefficient (Wildman–Crippen LogP) is 2.38. The quantitative estimate of drug-likeness (QED) is 0.652. The molecule has 0 spiro atoms. The fourth-order valence-corrected chi connectivity index (χ4v) is 1.82. The Morgan fingerprint density at radius 1 is 1.10 bits per heavy atom. The maximum absolute atomic E-state index is 12.0. The number of hydrogen-bond donors (Lipinski definition) is 2. The van der Waals surface area contributed by atoms with Crippen molar-refractivity contribution in [3.63, 3.8) is 0 Å². The lowest BCUT2D eigenvalue weighted by molar-refractivity contribution is -0.384. The van der Waals surface area contributed by atoms with Crippen LogP contribution in [-0.4, -0.2) is 22.5 Å². The summed E-state index contributed by atoms with van der Waals surface area (Å²) in [4.78, 5) is 22.0. The number of aliphatic hydroxyl groups excluding tert-OH is 1. The first kappa shape index (κ1) is 14.7. The molecule has 2 aromatic rings. The number of aliphatic hydroxyl groups is 1. The van der Waals surface area contributed by atoms with Crippen LogP contribution in [0.5, 0.6) is 0 Å². The number of benzene rings is 2. The van der Waals surface area contributed by atoms with Crippen molar-refractivity contribution >= 4 is 17.3 Å². The Bertz CT molecular complexity index is 636. The molecular formula is C15H14N2O4. The van der Waals surface area contributed by atoms with Gasteiger partial charge in [0.2, 0.25) is 0 Å². The van der Waals surface area contributed by atoms with Crippen LogP contribution in [0, 0.1) is 10.1 Å². The first-order valence-corrected chi connectivity index (χ1v) is 6.36. The second-order valence-corrected chi connectivity index (χ2v) is 4.43. The maximum Gasteiger partial charge on any atom is 0.269 e. The highest BCUT2D eigenvalue weighted by Gasteiger charge is 2.09. The molecule has 0 heterocycles. The molecule has 0 saturated heterocycles. The molecule has 0 saturated carbocycles.